The van der Waals surface area contributed by atoms with Crippen LogP contribution in [-0.2, 0) is 13.0 Å². The molecule has 0 atom stereocenters. The Balaban J connectivity index is 1.85. The van der Waals surface area contributed by atoms with Crippen LogP contribution in [0.15, 0.2) is 59.5 Å². The number of pyridine rings is 1. The number of fused-ring (bicyclic) bond motifs is 1. The van der Waals surface area contributed by atoms with Crippen LogP contribution in [0, 0.1) is 0 Å². The van der Waals surface area contributed by atoms with Gasteiger partial charge in [0.05, 0.1) is 0 Å². The van der Waals surface area contributed by atoms with E-state index in [1.54, 1.807) is 0 Å². The predicted molar refractivity (Wildman–Crippen MR) is 77.6 cm³/mol. The van der Waals surface area contributed by atoms with Crippen LogP contribution in [0.5, 0.6) is 0 Å². The molecule has 3 aromatic rings. The van der Waals surface area contributed by atoms with E-state index in [9.17, 15) is 0 Å². The second kappa shape index (κ2) is 4.94. The van der Waals surface area contributed by atoms with Gasteiger partial charge in [-0.2, -0.15) is 0 Å². The first-order valence-electron chi connectivity index (χ1n) is 5.97. The molecule has 1 aromatic carbocycles. The Morgan fingerprint density at radius 2 is 1.89 bits per heavy atom. The minimum atomic E-state index is 0.990. The van der Waals surface area contributed by atoms with Gasteiger partial charge in [-0.05, 0) is 42.3 Å². The molecule has 0 saturated carbocycles. The summed E-state index contributed by atoms with van der Waals surface area (Å²) in [5.41, 5.74) is 2.60. The van der Waals surface area contributed by atoms with E-state index in [0.717, 1.165) is 17.4 Å². The Hall–Kier alpha value is -1.61. The lowest BCUT2D eigenvalue weighted by Crippen LogP contribution is -1.99. The molecule has 18 heavy (non-hydrogen) atoms. The monoisotopic (exact) mass is 300 g/mol. The maximum Gasteiger partial charge on any atom is 0.0491 e. The highest BCUT2D eigenvalue weighted by Gasteiger charge is 2.03. The van der Waals surface area contributed by atoms with E-state index in [1.807, 2.05) is 12.4 Å². The zero-order valence-corrected chi connectivity index (χ0v) is 11.5. The standard InChI is InChI=1S/C15H13BrN2/c16-14-2-1-3-15-13(14)7-11-18(15)10-6-12-4-8-17-9-5-12/h1-5,7-9,11H,6,10H2. The number of hydrogen-bond donors (Lipinski definition) is 0. The van der Waals surface area contributed by atoms with E-state index in [1.165, 1.54) is 16.5 Å². The summed E-state index contributed by atoms with van der Waals surface area (Å²) in [6, 6.07) is 12.6. The highest BCUT2D eigenvalue weighted by atomic mass is 79.9. The average Bonchev–Trinajstić information content (AvgIpc) is 2.82. The zero-order chi connectivity index (χ0) is 12.4. The van der Waals surface area contributed by atoms with E-state index in [4.69, 9.17) is 0 Å². The molecule has 0 fully saturated rings. The second-order valence-electron chi connectivity index (χ2n) is 4.29. The summed E-state index contributed by atoms with van der Waals surface area (Å²) in [6.07, 6.45) is 6.87. The van der Waals surface area contributed by atoms with Crippen molar-refractivity contribution in [3.05, 3.63) is 65.0 Å². The third kappa shape index (κ3) is 2.18. The van der Waals surface area contributed by atoms with Crippen LogP contribution in [0.4, 0.5) is 0 Å². The molecule has 0 aliphatic rings. The van der Waals surface area contributed by atoms with Crippen LogP contribution in [-0.4, -0.2) is 9.55 Å². The zero-order valence-electron chi connectivity index (χ0n) is 9.88. The molecule has 90 valence electrons. The normalized spacial score (nSPS) is 10.9. The van der Waals surface area contributed by atoms with Crippen molar-refractivity contribution in [2.45, 2.75) is 13.0 Å². The summed E-state index contributed by atoms with van der Waals surface area (Å²) in [4.78, 5) is 4.04. The van der Waals surface area contributed by atoms with Gasteiger partial charge in [0.25, 0.3) is 0 Å². The molecular weight excluding hydrogens is 288 g/mol. The molecule has 2 heterocycles. The van der Waals surface area contributed by atoms with Crippen molar-refractivity contribution in [2.75, 3.05) is 0 Å². The summed E-state index contributed by atoms with van der Waals surface area (Å²) in [6.45, 7) is 0.990. The number of hydrogen-bond acceptors (Lipinski definition) is 1. The molecule has 2 nitrogen and oxygen atoms in total. The molecule has 0 aliphatic carbocycles. The fourth-order valence-electron chi connectivity index (χ4n) is 2.18. The molecule has 0 spiro atoms. The number of aromatic nitrogens is 2. The van der Waals surface area contributed by atoms with Crippen LogP contribution in [0.1, 0.15) is 5.56 Å². The Kier molecular flexibility index (Phi) is 3.15. The first-order valence-corrected chi connectivity index (χ1v) is 6.76. The van der Waals surface area contributed by atoms with Gasteiger partial charge in [0.1, 0.15) is 0 Å². The lowest BCUT2D eigenvalue weighted by Gasteiger charge is -2.05. The minimum absolute atomic E-state index is 0.990. The maximum atomic E-state index is 4.04. The van der Waals surface area contributed by atoms with Crippen molar-refractivity contribution in [3.63, 3.8) is 0 Å². The minimum Gasteiger partial charge on any atom is -0.347 e. The van der Waals surface area contributed by atoms with Gasteiger partial charge in [-0.3, -0.25) is 4.98 Å². The topological polar surface area (TPSA) is 17.8 Å². The number of benzene rings is 1. The van der Waals surface area contributed by atoms with E-state index in [-0.39, 0.29) is 0 Å². The van der Waals surface area contributed by atoms with Gasteiger partial charge in [-0.1, -0.05) is 22.0 Å². The van der Waals surface area contributed by atoms with E-state index >= 15 is 0 Å². The first kappa shape index (κ1) is 11.5. The number of rotatable bonds is 3. The van der Waals surface area contributed by atoms with Gasteiger partial charge in [0, 0.05) is 40.5 Å². The molecule has 3 heteroatoms. The second-order valence-corrected chi connectivity index (χ2v) is 5.14. The molecule has 0 saturated heterocycles. The molecule has 0 unspecified atom stereocenters. The molecule has 3 rings (SSSR count). The summed E-state index contributed by atoms with van der Waals surface area (Å²) >= 11 is 3.58. The number of aryl methyl sites for hydroxylation is 2. The molecule has 0 radical (unpaired) electrons. The van der Waals surface area contributed by atoms with Gasteiger partial charge >= 0.3 is 0 Å². The summed E-state index contributed by atoms with van der Waals surface area (Å²) in [5.74, 6) is 0. The Morgan fingerprint density at radius 1 is 1.06 bits per heavy atom. The molecule has 2 aromatic heterocycles. The van der Waals surface area contributed by atoms with Crippen molar-refractivity contribution in [2.24, 2.45) is 0 Å². The van der Waals surface area contributed by atoms with Crippen molar-refractivity contribution < 1.29 is 0 Å². The maximum absolute atomic E-state index is 4.04. The summed E-state index contributed by atoms with van der Waals surface area (Å²) < 4.78 is 3.45. The first-order chi connectivity index (χ1) is 8.84. The number of nitrogens with zero attached hydrogens (tertiary/aromatic N) is 2. The van der Waals surface area contributed by atoms with Crippen LogP contribution in [0.3, 0.4) is 0 Å². The van der Waals surface area contributed by atoms with Crippen LogP contribution in [0.25, 0.3) is 10.9 Å². The predicted octanol–water partition coefficient (Wildman–Crippen LogP) is 4.04. The third-order valence-electron chi connectivity index (χ3n) is 3.15. The molecule has 0 N–H and O–H groups in total. The Labute approximate surface area is 114 Å². The Morgan fingerprint density at radius 3 is 2.72 bits per heavy atom. The highest BCUT2D eigenvalue weighted by molar-refractivity contribution is 9.10. The van der Waals surface area contributed by atoms with Gasteiger partial charge in [-0.15, -0.1) is 0 Å². The lowest BCUT2D eigenvalue weighted by molar-refractivity contribution is 0.722. The largest absolute Gasteiger partial charge is 0.347 e. The molecular formula is C15H13BrN2. The molecule has 0 amide bonds. The lowest BCUT2D eigenvalue weighted by atomic mass is 10.2. The van der Waals surface area contributed by atoms with Crippen molar-refractivity contribution in [1.29, 1.82) is 0 Å². The van der Waals surface area contributed by atoms with E-state index in [0.29, 0.717) is 0 Å². The van der Waals surface area contributed by atoms with Crippen molar-refractivity contribution in [3.8, 4) is 0 Å². The van der Waals surface area contributed by atoms with Gasteiger partial charge in [-0.25, -0.2) is 0 Å². The van der Waals surface area contributed by atoms with E-state index < -0.39 is 0 Å². The van der Waals surface area contributed by atoms with Gasteiger partial charge < -0.3 is 4.57 Å². The van der Waals surface area contributed by atoms with Crippen LogP contribution in [0.2, 0.25) is 0 Å². The van der Waals surface area contributed by atoms with Crippen molar-refractivity contribution in [1.82, 2.24) is 9.55 Å². The van der Waals surface area contributed by atoms with E-state index in [2.05, 4.69) is 68.1 Å². The SMILES string of the molecule is Brc1cccc2c1ccn2CCc1ccncc1. The van der Waals surface area contributed by atoms with Crippen LogP contribution < -0.4 is 0 Å². The summed E-state index contributed by atoms with van der Waals surface area (Å²) in [5, 5.41) is 1.27. The number of halogens is 1. The smallest absolute Gasteiger partial charge is 0.0491 e. The quantitative estimate of drug-likeness (QED) is 0.714. The fraction of sp³-hybridized carbons (Fsp3) is 0.133. The van der Waals surface area contributed by atoms with Gasteiger partial charge in [0.2, 0.25) is 0 Å². The average molecular weight is 301 g/mol. The fourth-order valence-corrected chi connectivity index (χ4v) is 2.67. The van der Waals surface area contributed by atoms with Gasteiger partial charge in [0.15, 0.2) is 0 Å². The summed E-state index contributed by atoms with van der Waals surface area (Å²) in [7, 11) is 0. The molecule has 0 bridgehead atoms. The van der Waals surface area contributed by atoms with Crippen molar-refractivity contribution >= 4 is 26.8 Å². The highest BCUT2D eigenvalue weighted by Crippen LogP contribution is 2.24. The third-order valence-corrected chi connectivity index (χ3v) is 3.84. The Bertz CT molecular complexity index is 659. The molecule has 0 aliphatic heterocycles. The van der Waals surface area contributed by atoms with Crippen LogP contribution >= 0.6 is 15.9 Å².